The Bertz CT molecular complexity index is 402. The Balaban J connectivity index is 2.56. The average Bonchev–Trinajstić information content (AvgIpc) is 2.69. The zero-order chi connectivity index (χ0) is 15.4. The first-order valence-corrected chi connectivity index (χ1v) is 6.38. The lowest BCUT2D eigenvalue weighted by molar-refractivity contribution is -0.138. The topological polar surface area (TPSA) is 47.6 Å². The first-order chi connectivity index (χ1) is 9.11. The molecule has 112 valence electrons. The molecule has 1 rings (SSSR count). The second-order valence-electron chi connectivity index (χ2n) is 5.42. The van der Waals surface area contributed by atoms with Gasteiger partial charge in [0, 0.05) is 19.3 Å². The molecule has 7 heteroatoms. The third-order valence-corrected chi connectivity index (χ3v) is 3.75. The number of halogens is 5. The van der Waals surface area contributed by atoms with E-state index in [9.17, 15) is 22.0 Å². The molecule has 1 saturated carbocycles. The fourth-order valence-electron chi connectivity index (χ4n) is 2.47. The summed E-state index contributed by atoms with van der Waals surface area (Å²) < 4.78 is 62.6. The first-order valence-electron chi connectivity index (χ1n) is 6.38. The Morgan fingerprint density at radius 3 is 2.05 bits per heavy atom. The monoisotopic (exact) mass is 294 g/mol. The Morgan fingerprint density at radius 2 is 1.65 bits per heavy atom. The number of hydrogen-bond donors (Lipinski definition) is 0. The van der Waals surface area contributed by atoms with Crippen LogP contribution in [0, 0.1) is 34.0 Å². The Kier molecular flexibility index (Phi) is 4.96. The Labute approximate surface area is 114 Å². The molecule has 0 aliphatic heterocycles. The fraction of sp³-hybridized carbons (Fsp3) is 0.846. The van der Waals surface area contributed by atoms with Crippen LogP contribution in [0.2, 0.25) is 0 Å². The minimum atomic E-state index is -4.43. The predicted octanol–water partition coefficient (Wildman–Crippen LogP) is 4.58. The predicted molar refractivity (Wildman–Crippen MR) is 60.5 cm³/mol. The van der Waals surface area contributed by atoms with Crippen LogP contribution in [0.5, 0.6) is 0 Å². The molecular formula is C13H15F5N2. The number of nitriles is 2. The van der Waals surface area contributed by atoms with Gasteiger partial charge in [-0.25, -0.2) is 8.78 Å². The summed E-state index contributed by atoms with van der Waals surface area (Å²) in [5.74, 6) is -3.05. The summed E-state index contributed by atoms with van der Waals surface area (Å²) in [4.78, 5) is 0. The summed E-state index contributed by atoms with van der Waals surface area (Å²) in [6.07, 6.45) is -6.39. The molecule has 1 aliphatic rings. The van der Waals surface area contributed by atoms with E-state index < -0.39 is 30.4 Å². The summed E-state index contributed by atoms with van der Waals surface area (Å²) in [7, 11) is 0. The van der Waals surface area contributed by atoms with E-state index in [0.29, 0.717) is 6.42 Å². The van der Waals surface area contributed by atoms with Crippen LogP contribution in [0.15, 0.2) is 0 Å². The molecule has 0 heterocycles. The summed E-state index contributed by atoms with van der Waals surface area (Å²) >= 11 is 0. The van der Waals surface area contributed by atoms with Gasteiger partial charge in [0.25, 0.3) is 0 Å². The van der Waals surface area contributed by atoms with Crippen molar-refractivity contribution in [2.24, 2.45) is 11.3 Å². The van der Waals surface area contributed by atoms with Crippen molar-refractivity contribution in [2.75, 3.05) is 0 Å². The van der Waals surface area contributed by atoms with Crippen molar-refractivity contribution < 1.29 is 22.0 Å². The molecule has 0 aromatic heterocycles. The molecule has 1 aliphatic carbocycles. The van der Waals surface area contributed by atoms with Crippen molar-refractivity contribution in [3.8, 4) is 12.1 Å². The third kappa shape index (κ3) is 4.96. The normalized spacial score (nSPS) is 22.2. The van der Waals surface area contributed by atoms with Crippen LogP contribution in [0.25, 0.3) is 0 Å². The second-order valence-corrected chi connectivity index (χ2v) is 5.42. The zero-order valence-corrected chi connectivity index (χ0v) is 10.8. The van der Waals surface area contributed by atoms with Gasteiger partial charge in [-0.3, -0.25) is 0 Å². The van der Waals surface area contributed by atoms with E-state index >= 15 is 0 Å². The third-order valence-electron chi connectivity index (χ3n) is 3.75. The van der Waals surface area contributed by atoms with Gasteiger partial charge in [0.05, 0.1) is 12.1 Å². The molecule has 0 radical (unpaired) electrons. The van der Waals surface area contributed by atoms with Gasteiger partial charge in [0.15, 0.2) is 0 Å². The largest absolute Gasteiger partial charge is 0.389 e. The SMILES string of the molecule is N#CC(C#N)(CCC1CCC(F)(F)C1)CCC(F)(F)F. The lowest BCUT2D eigenvalue weighted by atomic mass is 9.79. The summed E-state index contributed by atoms with van der Waals surface area (Å²) in [6.45, 7) is 0. The summed E-state index contributed by atoms with van der Waals surface area (Å²) in [5, 5.41) is 17.9. The van der Waals surface area contributed by atoms with E-state index in [4.69, 9.17) is 10.5 Å². The van der Waals surface area contributed by atoms with Gasteiger partial charge in [-0.15, -0.1) is 0 Å². The molecule has 20 heavy (non-hydrogen) atoms. The van der Waals surface area contributed by atoms with E-state index in [1.165, 1.54) is 0 Å². The van der Waals surface area contributed by atoms with Crippen molar-refractivity contribution in [3.05, 3.63) is 0 Å². The number of nitrogens with zero attached hydrogens (tertiary/aromatic N) is 2. The molecule has 2 nitrogen and oxygen atoms in total. The molecule has 0 saturated heterocycles. The van der Waals surface area contributed by atoms with Gasteiger partial charge in [0.2, 0.25) is 5.92 Å². The molecule has 1 unspecified atom stereocenters. The second kappa shape index (κ2) is 5.95. The lowest BCUT2D eigenvalue weighted by Gasteiger charge is -2.21. The minimum absolute atomic E-state index is 0.0865. The molecule has 0 bridgehead atoms. The van der Waals surface area contributed by atoms with Crippen molar-refractivity contribution in [2.45, 2.75) is 57.0 Å². The number of alkyl halides is 5. The summed E-state index contributed by atoms with van der Waals surface area (Å²) in [6, 6.07) is 3.27. The molecule has 0 amide bonds. The van der Waals surface area contributed by atoms with Crippen LogP contribution < -0.4 is 0 Å². The average molecular weight is 294 g/mol. The van der Waals surface area contributed by atoms with Gasteiger partial charge < -0.3 is 0 Å². The lowest BCUT2D eigenvalue weighted by Crippen LogP contribution is -2.21. The molecule has 0 aromatic rings. The van der Waals surface area contributed by atoms with Crippen LogP contribution in [0.3, 0.4) is 0 Å². The van der Waals surface area contributed by atoms with E-state index in [2.05, 4.69) is 0 Å². The molecule has 1 atom stereocenters. The van der Waals surface area contributed by atoms with Crippen molar-refractivity contribution >= 4 is 0 Å². The highest BCUT2D eigenvalue weighted by molar-refractivity contribution is 5.13. The van der Waals surface area contributed by atoms with Crippen molar-refractivity contribution in [3.63, 3.8) is 0 Å². The summed E-state index contributed by atoms with van der Waals surface area (Å²) in [5.41, 5.74) is -1.73. The van der Waals surface area contributed by atoms with Gasteiger partial charge in [-0.05, 0) is 31.6 Å². The Morgan fingerprint density at radius 1 is 1.05 bits per heavy atom. The van der Waals surface area contributed by atoms with Gasteiger partial charge >= 0.3 is 6.18 Å². The molecule has 0 spiro atoms. The van der Waals surface area contributed by atoms with Crippen LogP contribution >= 0.6 is 0 Å². The van der Waals surface area contributed by atoms with E-state index in [-0.39, 0.29) is 31.6 Å². The van der Waals surface area contributed by atoms with Crippen LogP contribution in [-0.2, 0) is 0 Å². The fourth-order valence-corrected chi connectivity index (χ4v) is 2.47. The molecule has 1 fully saturated rings. The minimum Gasteiger partial charge on any atom is -0.207 e. The first kappa shape index (κ1) is 16.7. The van der Waals surface area contributed by atoms with Crippen LogP contribution in [-0.4, -0.2) is 12.1 Å². The number of hydrogen-bond acceptors (Lipinski definition) is 2. The number of rotatable bonds is 5. The highest BCUT2D eigenvalue weighted by atomic mass is 19.4. The van der Waals surface area contributed by atoms with Crippen LogP contribution in [0.4, 0.5) is 22.0 Å². The van der Waals surface area contributed by atoms with Crippen molar-refractivity contribution in [1.82, 2.24) is 0 Å². The van der Waals surface area contributed by atoms with Gasteiger partial charge in [-0.2, -0.15) is 23.7 Å². The Hall–Kier alpha value is -1.37. The van der Waals surface area contributed by atoms with E-state index in [1.807, 2.05) is 0 Å². The maximum absolute atomic E-state index is 13.0. The standard InChI is InChI=1S/C13H15F5N2/c14-12(15)4-2-10(7-12)1-3-11(8-19,9-20)5-6-13(16,17)18/h10H,1-7H2. The highest BCUT2D eigenvalue weighted by Gasteiger charge is 2.41. The van der Waals surface area contributed by atoms with Crippen LogP contribution in [0.1, 0.15) is 44.9 Å². The molecular weight excluding hydrogens is 279 g/mol. The van der Waals surface area contributed by atoms with E-state index in [0.717, 1.165) is 0 Å². The molecule has 0 aromatic carbocycles. The molecule has 0 N–H and O–H groups in total. The zero-order valence-electron chi connectivity index (χ0n) is 10.8. The maximum Gasteiger partial charge on any atom is 0.389 e. The van der Waals surface area contributed by atoms with E-state index in [1.54, 1.807) is 12.1 Å². The smallest absolute Gasteiger partial charge is 0.207 e. The van der Waals surface area contributed by atoms with Crippen molar-refractivity contribution in [1.29, 1.82) is 10.5 Å². The van der Waals surface area contributed by atoms with Gasteiger partial charge in [-0.1, -0.05) is 0 Å². The highest BCUT2D eigenvalue weighted by Crippen LogP contribution is 2.43. The quantitative estimate of drug-likeness (QED) is 0.697. The van der Waals surface area contributed by atoms with Gasteiger partial charge in [0.1, 0.15) is 5.41 Å². The maximum atomic E-state index is 13.0.